The largest absolute Gasteiger partial charge is 0.392 e. The summed E-state index contributed by atoms with van der Waals surface area (Å²) in [6, 6.07) is 0. The van der Waals surface area contributed by atoms with E-state index in [0.29, 0.717) is 25.7 Å². The van der Waals surface area contributed by atoms with E-state index < -0.39 is 22.9 Å². The smallest absolute Gasteiger partial charge is 0.0925 e. The summed E-state index contributed by atoms with van der Waals surface area (Å²) in [5.74, 6) is 0.259. The Balaban J connectivity index is 2.34. The Kier molecular flexibility index (Phi) is 5.96. The van der Waals surface area contributed by atoms with Crippen molar-refractivity contribution in [2.75, 3.05) is 6.61 Å². The molecular weight excluding hydrogens is 304 g/mol. The number of fused-ring (bicyclic) bond motifs is 2. The zero-order valence-corrected chi connectivity index (χ0v) is 15.6. The number of allylic oxidation sites excluding steroid dienone is 1. The van der Waals surface area contributed by atoms with E-state index in [1.165, 1.54) is 0 Å². The van der Waals surface area contributed by atoms with Gasteiger partial charge < -0.3 is 20.1 Å². The van der Waals surface area contributed by atoms with E-state index in [1.54, 1.807) is 0 Å². The van der Waals surface area contributed by atoms with Crippen LogP contribution in [-0.2, 0) is 4.74 Å². The third kappa shape index (κ3) is 4.29. The number of ether oxygens (including phenoxy) is 1. The number of hydrogen-bond donors (Lipinski definition) is 3. The molecular formula is C20H34O4. The Morgan fingerprint density at radius 2 is 1.92 bits per heavy atom. The van der Waals surface area contributed by atoms with Crippen molar-refractivity contribution in [3.8, 4) is 0 Å². The minimum absolute atomic E-state index is 0.00178. The van der Waals surface area contributed by atoms with E-state index in [-0.39, 0.29) is 12.5 Å². The fourth-order valence-electron chi connectivity index (χ4n) is 3.78. The van der Waals surface area contributed by atoms with Crippen LogP contribution < -0.4 is 0 Å². The standard InChI is InChI=1S/C20H34O4/c1-15(2)20-12-10-18(3,23)9-5-6-16(14-21)7-8-17(22)19(4,24-20)11-13-20/h6,10,12,15,17,21-23H,5,7-9,11,13-14H2,1-4H3/t17-,18+,19-,20-/m0/s1. The van der Waals surface area contributed by atoms with Crippen LogP contribution in [0.4, 0.5) is 0 Å². The van der Waals surface area contributed by atoms with Gasteiger partial charge >= 0.3 is 0 Å². The first kappa shape index (κ1) is 19.6. The van der Waals surface area contributed by atoms with Gasteiger partial charge in [0.25, 0.3) is 0 Å². The Morgan fingerprint density at radius 3 is 2.54 bits per heavy atom. The summed E-state index contributed by atoms with van der Waals surface area (Å²) in [5, 5.41) is 30.9. The second-order valence-electron chi connectivity index (χ2n) is 8.33. The molecule has 24 heavy (non-hydrogen) atoms. The summed E-state index contributed by atoms with van der Waals surface area (Å²) in [6.45, 7) is 8.04. The monoisotopic (exact) mass is 338 g/mol. The number of aliphatic hydroxyl groups excluding tert-OH is 2. The predicted octanol–water partition coefficient (Wildman–Crippen LogP) is 3.11. The van der Waals surface area contributed by atoms with Crippen LogP contribution >= 0.6 is 0 Å². The van der Waals surface area contributed by atoms with Crippen LogP contribution in [0.15, 0.2) is 23.8 Å². The quantitative estimate of drug-likeness (QED) is 0.677. The molecule has 0 aromatic rings. The zero-order valence-electron chi connectivity index (χ0n) is 15.6. The van der Waals surface area contributed by atoms with Crippen molar-refractivity contribution in [3.05, 3.63) is 23.8 Å². The van der Waals surface area contributed by atoms with E-state index in [2.05, 4.69) is 13.8 Å². The fourth-order valence-corrected chi connectivity index (χ4v) is 3.78. The van der Waals surface area contributed by atoms with Crippen molar-refractivity contribution in [1.82, 2.24) is 0 Å². The lowest BCUT2D eigenvalue weighted by molar-refractivity contribution is -0.145. The molecule has 0 spiro atoms. The molecule has 2 rings (SSSR count). The average Bonchev–Trinajstić information content (AvgIpc) is 2.88. The molecule has 0 radical (unpaired) electrons. The van der Waals surface area contributed by atoms with E-state index in [9.17, 15) is 15.3 Å². The Labute approximate surface area is 146 Å². The van der Waals surface area contributed by atoms with Gasteiger partial charge in [0, 0.05) is 0 Å². The number of rotatable bonds is 2. The van der Waals surface area contributed by atoms with Gasteiger partial charge in [-0.05, 0) is 63.9 Å². The molecule has 1 saturated heterocycles. The van der Waals surface area contributed by atoms with Crippen molar-refractivity contribution in [2.24, 2.45) is 5.92 Å². The minimum atomic E-state index is -0.909. The van der Waals surface area contributed by atoms with Gasteiger partial charge in [-0.15, -0.1) is 0 Å². The minimum Gasteiger partial charge on any atom is -0.392 e. The second kappa shape index (κ2) is 7.28. The highest BCUT2D eigenvalue weighted by Crippen LogP contribution is 2.46. The van der Waals surface area contributed by atoms with E-state index in [4.69, 9.17) is 4.74 Å². The molecule has 0 aromatic carbocycles. The van der Waals surface area contributed by atoms with Crippen LogP contribution in [0.3, 0.4) is 0 Å². The van der Waals surface area contributed by atoms with Gasteiger partial charge in [-0.3, -0.25) is 0 Å². The fraction of sp³-hybridized carbons (Fsp3) is 0.800. The molecule has 2 aliphatic heterocycles. The summed E-state index contributed by atoms with van der Waals surface area (Å²) >= 11 is 0. The first-order valence-corrected chi connectivity index (χ1v) is 9.22. The van der Waals surface area contributed by atoms with E-state index >= 15 is 0 Å². The van der Waals surface area contributed by atoms with Gasteiger partial charge in [-0.1, -0.05) is 32.1 Å². The normalized spacial score (nSPS) is 41.5. The summed E-state index contributed by atoms with van der Waals surface area (Å²) in [7, 11) is 0. The zero-order chi connectivity index (χ0) is 18.0. The lowest BCUT2D eigenvalue weighted by atomic mass is 9.83. The van der Waals surface area contributed by atoms with Crippen LogP contribution in [0.1, 0.15) is 66.2 Å². The molecule has 0 aromatic heterocycles. The molecule has 4 nitrogen and oxygen atoms in total. The highest BCUT2D eigenvalue weighted by molar-refractivity contribution is 5.16. The van der Waals surface area contributed by atoms with Gasteiger partial charge in [-0.2, -0.15) is 0 Å². The molecule has 0 amide bonds. The van der Waals surface area contributed by atoms with Gasteiger partial charge in [0.1, 0.15) is 0 Å². The molecule has 0 aliphatic carbocycles. The molecule has 2 heterocycles. The topological polar surface area (TPSA) is 69.9 Å². The van der Waals surface area contributed by atoms with Crippen molar-refractivity contribution in [2.45, 2.75) is 89.1 Å². The number of aliphatic hydroxyl groups is 3. The Hall–Kier alpha value is -0.680. The van der Waals surface area contributed by atoms with E-state index in [0.717, 1.165) is 18.4 Å². The summed E-state index contributed by atoms with van der Waals surface area (Å²) in [5.41, 5.74) is -1.02. The lowest BCUT2D eigenvalue weighted by Crippen LogP contribution is -2.44. The van der Waals surface area contributed by atoms with Gasteiger partial charge in [0.05, 0.1) is 29.5 Å². The van der Waals surface area contributed by atoms with Crippen molar-refractivity contribution in [3.63, 3.8) is 0 Å². The summed E-state index contributed by atoms with van der Waals surface area (Å²) in [6.07, 6.45) is 9.47. The van der Waals surface area contributed by atoms with Crippen molar-refractivity contribution >= 4 is 0 Å². The molecule has 3 N–H and O–H groups in total. The van der Waals surface area contributed by atoms with Crippen LogP contribution in [0.5, 0.6) is 0 Å². The molecule has 0 unspecified atom stereocenters. The summed E-state index contributed by atoms with van der Waals surface area (Å²) < 4.78 is 6.46. The Bertz CT molecular complexity index is 494. The summed E-state index contributed by atoms with van der Waals surface area (Å²) in [4.78, 5) is 0. The molecule has 0 saturated carbocycles. The maximum absolute atomic E-state index is 10.7. The molecule has 2 aliphatic rings. The molecule has 138 valence electrons. The maximum atomic E-state index is 10.7. The second-order valence-corrected chi connectivity index (χ2v) is 8.33. The highest BCUT2D eigenvalue weighted by atomic mass is 16.5. The van der Waals surface area contributed by atoms with Crippen molar-refractivity contribution in [1.29, 1.82) is 0 Å². The Morgan fingerprint density at radius 1 is 1.21 bits per heavy atom. The molecule has 1 fully saturated rings. The van der Waals surface area contributed by atoms with Crippen molar-refractivity contribution < 1.29 is 20.1 Å². The van der Waals surface area contributed by atoms with Gasteiger partial charge in [0.15, 0.2) is 0 Å². The van der Waals surface area contributed by atoms with Gasteiger partial charge in [-0.25, -0.2) is 0 Å². The lowest BCUT2D eigenvalue weighted by Gasteiger charge is -2.37. The highest BCUT2D eigenvalue weighted by Gasteiger charge is 2.50. The first-order chi connectivity index (χ1) is 11.1. The number of hydrogen-bond acceptors (Lipinski definition) is 4. The van der Waals surface area contributed by atoms with E-state index in [1.807, 2.05) is 32.1 Å². The maximum Gasteiger partial charge on any atom is 0.0925 e. The van der Waals surface area contributed by atoms with Crippen LogP contribution in [0.2, 0.25) is 0 Å². The third-order valence-electron chi connectivity index (χ3n) is 5.87. The molecule has 4 atom stereocenters. The first-order valence-electron chi connectivity index (χ1n) is 9.22. The molecule has 2 bridgehead atoms. The average molecular weight is 338 g/mol. The van der Waals surface area contributed by atoms with Crippen LogP contribution in [0, 0.1) is 5.92 Å². The predicted molar refractivity (Wildman–Crippen MR) is 95.7 cm³/mol. The van der Waals surface area contributed by atoms with Crippen LogP contribution in [0.25, 0.3) is 0 Å². The van der Waals surface area contributed by atoms with Crippen LogP contribution in [-0.4, -0.2) is 44.8 Å². The SMILES string of the molecule is CC(C)[C@]12C=C[C@](C)(O)CCC=C(CO)CC[C@H](O)[C@](C)(CC1)O2. The third-order valence-corrected chi connectivity index (χ3v) is 5.87. The van der Waals surface area contributed by atoms with Gasteiger partial charge in [0.2, 0.25) is 0 Å². The molecule has 4 heteroatoms.